The molecule has 4 heteroatoms. The lowest BCUT2D eigenvalue weighted by Gasteiger charge is -1.97. The van der Waals surface area contributed by atoms with Crippen LogP contribution in [0.5, 0.6) is 0 Å². The maximum atomic E-state index is 5.83. The molecule has 0 aromatic heterocycles. The Morgan fingerprint density at radius 1 is 0.333 bits per heavy atom. The predicted molar refractivity (Wildman–Crippen MR) is 108 cm³/mol. The molecule has 0 nitrogen and oxygen atoms in total. The first kappa shape index (κ1) is 17.4. The van der Waals surface area contributed by atoms with Gasteiger partial charge in [-0.3, -0.25) is 0 Å². The van der Waals surface area contributed by atoms with Gasteiger partial charge in [0.2, 0.25) is 0 Å². The van der Waals surface area contributed by atoms with Gasteiger partial charge in [-0.2, -0.15) is 0 Å². The molecule has 24 heavy (non-hydrogen) atoms. The second-order valence-electron chi connectivity index (χ2n) is 5.27. The van der Waals surface area contributed by atoms with E-state index >= 15 is 0 Å². The average Bonchev–Trinajstić information content (AvgIpc) is 2.55. The summed E-state index contributed by atoms with van der Waals surface area (Å²) in [7, 11) is 0. The summed E-state index contributed by atoms with van der Waals surface area (Å²) >= 11 is 23.3. The zero-order valence-corrected chi connectivity index (χ0v) is 15.5. The van der Waals surface area contributed by atoms with Gasteiger partial charge in [0.15, 0.2) is 0 Å². The first-order chi connectivity index (χ1) is 11.5. The van der Waals surface area contributed by atoms with Crippen LogP contribution in [0.4, 0.5) is 0 Å². The molecule has 0 amide bonds. The maximum absolute atomic E-state index is 5.83. The van der Waals surface area contributed by atoms with Gasteiger partial charge in [-0.1, -0.05) is 70.7 Å². The van der Waals surface area contributed by atoms with E-state index in [0.29, 0.717) is 0 Å². The molecule has 0 saturated carbocycles. The lowest BCUT2D eigenvalue weighted by Crippen LogP contribution is -1.71. The molecule has 4 aromatic rings. The van der Waals surface area contributed by atoms with Gasteiger partial charge in [-0.25, -0.2) is 0 Å². The summed E-state index contributed by atoms with van der Waals surface area (Å²) in [4.78, 5) is 0. The predicted octanol–water partition coefficient (Wildman–Crippen LogP) is 8.29. The van der Waals surface area contributed by atoms with Crippen LogP contribution in [0.25, 0.3) is 21.5 Å². The van der Waals surface area contributed by atoms with Crippen LogP contribution in [-0.4, -0.2) is 0 Å². The van der Waals surface area contributed by atoms with Gasteiger partial charge in [-0.15, -0.1) is 0 Å². The highest BCUT2D eigenvalue weighted by Gasteiger charge is 1.95. The van der Waals surface area contributed by atoms with Gasteiger partial charge < -0.3 is 0 Å². The van der Waals surface area contributed by atoms with Gasteiger partial charge in [0.1, 0.15) is 0 Å². The fourth-order valence-electron chi connectivity index (χ4n) is 2.38. The van der Waals surface area contributed by atoms with E-state index in [0.717, 1.165) is 41.6 Å². The fraction of sp³-hybridized carbons (Fsp3) is 0. The van der Waals surface area contributed by atoms with Crippen molar-refractivity contribution in [3.8, 4) is 0 Å². The lowest BCUT2D eigenvalue weighted by atomic mass is 10.1. The molecule has 0 aliphatic heterocycles. The van der Waals surface area contributed by atoms with Crippen LogP contribution < -0.4 is 0 Å². The molecule has 4 aromatic carbocycles. The Morgan fingerprint density at radius 3 is 1.00 bits per heavy atom. The van der Waals surface area contributed by atoms with E-state index in [4.69, 9.17) is 46.4 Å². The van der Waals surface area contributed by atoms with Crippen molar-refractivity contribution < 1.29 is 0 Å². The van der Waals surface area contributed by atoms with Crippen molar-refractivity contribution in [1.29, 1.82) is 0 Å². The molecule has 0 aliphatic carbocycles. The molecule has 0 spiro atoms. The zero-order valence-electron chi connectivity index (χ0n) is 12.4. The molecule has 0 saturated heterocycles. The monoisotopic (exact) mass is 392 g/mol. The molecule has 0 fully saturated rings. The van der Waals surface area contributed by atoms with Crippen molar-refractivity contribution in [3.63, 3.8) is 0 Å². The summed E-state index contributed by atoms with van der Waals surface area (Å²) in [5.74, 6) is 0. The molecule has 4 rings (SSSR count). The molecular weight excluding hydrogens is 382 g/mol. The largest absolute Gasteiger partial charge is 0.0843 e. The van der Waals surface area contributed by atoms with Gasteiger partial charge in [0, 0.05) is 20.1 Å². The Morgan fingerprint density at radius 2 is 0.625 bits per heavy atom. The van der Waals surface area contributed by atoms with Crippen LogP contribution in [0.3, 0.4) is 0 Å². The number of halogens is 4. The smallest absolute Gasteiger partial charge is 0.0412 e. The molecule has 120 valence electrons. The molecule has 0 atom stereocenters. The number of hydrogen-bond donors (Lipinski definition) is 0. The highest BCUT2D eigenvalue weighted by atomic mass is 35.5. The fourth-order valence-corrected chi connectivity index (χ4v) is 3.10. The van der Waals surface area contributed by atoms with Crippen molar-refractivity contribution in [2.75, 3.05) is 0 Å². The lowest BCUT2D eigenvalue weighted by molar-refractivity contribution is 1.74. The summed E-state index contributed by atoms with van der Waals surface area (Å²) in [5.41, 5.74) is 0. The molecular formula is C20H12Cl4. The Hall–Kier alpha value is -1.44. The van der Waals surface area contributed by atoms with Crippen LogP contribution in [0.2, 0.25) is 20.1 Å². The number of fused-ring (bicyclic) bond motifs is 2. The summed E-state index contributed by atoms with van der Waals surface area (Å²) in [6, 6.07) is 23.0. The van der Waals surface area contributed by atoms with E-state index in [9.17, 15) is 0 Å². The minimum absolute atomic E-state index is 0.741. The SMILES string of the molecule is Clc1ccc2cc(Cl)ccc2c1.Clc1ccc2ccc(Cl)cc2c1. The molecule has 0 N–H and O–H groups in total. The third-order valence-corrected chi connectivity index (χ3v) is 4.47. The minimum Gasteiger partial charge on any atom is -0.0843 e. The average molecular weight is 394 g/mol. The van der Waals surface area contributed by atoms with Crippen molar-refractivity contribution in [1.82, 2.24) is 0 Å². The second-order valence-corrected chi connectivity index (χ2v) is 7.02. The first-order valence-electron chi connectivity index (χ1n) is 7.21. The highest BCUT2D eigenvalue weighted by molar-refractivity contribution is 6.33. The van der Waals surface area contributed by atoms with Gasteiger partial charge in [-0.05, 0) is 70.1 Å². The van der Waals surface area contributed by atoms with Crippen molar-refractivity contribution >= 4 is 67.9 Å². The van der Waals surface area contributed by atoms with Crippen molar-refractivity contribution in [3.05, 3.63) is 92.9 Å². The number of benzene rings is 4. The van der Waals surface area contributed by atoms with Crippen molar-refractivity contribution in [2.24, 2.45) is 0 Å². The maximum Gasteiger partial charge on any atom is 0.0412 e. The quantitative estimate of drug-likeness (QED) is 0.281. The highest BCUT2D eigenvalue weighted by Crippen LogP contribution is 2.23. The molecule has 0 aliphatic rings. The topological polar surface area (TPSA) is 0 Å². The second kappa shape index (κ2) is 7.63. The molecule has 0 radical (unpaired) electrons. The van der Waals surface area contributed by atoms with Gasteiger partial charge >= 0.3 is 0 Å². The molecule has 0 heterocycles. The van der Waals surface area contributed by atoms with Gasteiger partial charge in [0.25, 0.3) is 0 Å². The number of rotatable bonds is 0. The van der Waals surface area contributed by atoms with Crippen LogP contribution in [-0.2, 0) is 0 Å². The van der Waals surface area contributed by atoms with E-state index in [1.54, 1.807) is 0 Å². The summed E-state index contributed by atoms with van der Waals surface area (Å²) < 4.78 is 0. The Labute approximate surface area is 160 Å². The molecule has 0 bridgehead atoms. The Kier molecular flexibility index (Phi) is 5.53. The molecule has 0 unspecified atom stereocenters. The van der Waals surface area contributed by atoms with E-state index < -0.39 is 0 Å². The normalized spacial score (nSPS) is 10.5. The minimum atomic E-state index is 0.741. The summed E-state index contributed by atoms with van der Waals surface area (Å²) in [6.45, 7) is 0. The summed E-state index contributed by atoms with van der Waals surface area (Å²) in [6.07, 6.45) is 0. The Bertz CT molecular complexity index is 931. The van der Waals surface area contributed by atoms with Crippen LogP contribution in [0.1, 0.15) is 0 Å². The van der Waals surface area contributed by atoms with Crippen molar-refractivity contribution in [2.45, 2.75) is 0 Å². The van der Waals surface area contributed by atoms with E-state index in [-0.39, 0.29) is 0 Å². The standard InChI is InChI=1S/2C10H6Cl2/c11-9-3-1-7-5-10(12)4-2-8(7)6-9;11-9-3-1-7-2-4-10(12)6-8(7)5-9/h2*1-6H. The van der Waals surface area contributed by atoms with Crippen LogP contribution in [0.15, 0.2) is 72.8 Å². The number of hydrogen-bond acceptors (Lipinski definition) is 0. The van der Waals surface area contributed by atoms with Gasteiger partial charge in [0.05, 0.1) is 0 Å². The Balaban J connectivity index is 0.000000141. The zero-order chi connectivity index (χ0) is 17.1. The summed E-state index contributed by atoms with van der Waals surface area (Å²) in [5, 5.41) is 7.46. The third-order valence-electron chi connectivity index (χ3n) is 3.53. The van der Waals surface area contributed by atoms with E-state index in [1.165, 1.54) is 0 Å². The van der Waals surface area contributed by atoms with Crippen LogP contribution >= 0.6 is 46.4 Å². The third kappa shape index (κ3) is 4.34. The van der Waals surface area contributed by atoms with E-state index in [2.05, 4.69) is 0 Å². The van der Waals surface area contributed by atoms with E-state index in [1.807, 2.05) is 72.8 Å². The first-order valence-corrected chi connectivity index (χ1v) is 8.72. The van der Waals surface area contributed by atoms with Crippen LogP contribution in [0, 0.1) is 0 Å².